The smallest absolute Gasteiger partial charge is 0.323 e. The van der Waals surface area contributed by atoms with Gasteiger partial charge in [-0.3, -0.25) is 19.7 Å². The number of nitro groups is 1. The molecule has 0 saturated carbocycles. The molecule has 0 radical (unpaired) electrons. The Morgan fingerprint density at radius 3 is 2.63 bits per heavy atom. The highest BCUT2D eigenvalue weighted by Gasteiger charge is 2.25. The first-order valence-electron chi connectivity index (χ1n) is 7.46. The highest BCUT2D eigenvalue weighted by molar-refractivity contribution is 9.10. The number of halogens is 1. The molecule has 0 aliphatic rings. The molecule has 140 valence electrons. The van der Waals surface area contributed by atoms with Gasteiger partial charge in [0.15, 0.2) is 5.75 Å². The molecular weight excluding hydrogens is 422 g/mol. The Balaban J connectivity index is 2.29. The minimum atomic E-state index is -0.691. The Bertz CT molecular complexity index is 929. The summed E-state index contributed by atoms with van der Waals surface area (Å²) < 4.78 is 10.6. The number of hydrogen-bond acceptors (Lipinski definition) is 7. The van der Waals surface area contributed by atoms with Gasteiger partial charge in [0.2, 0.25) is 5.75 Å². The van der Waals surface area contributed by atoms with E-state index in [0.717, 1.165) is 17.6 Å². The zero-order valence-corrected chi connectivity index (χ0v) is 15.8. The molecule has 0 bridgehead atoms. The SMILES string of the molecule is COc1c(OC(C)=O)ccc(/C=N\NC(=O)c2cccc(Br)c2)c1[N+](=O)[O-]. The van der Waals surface area contributed by atoms with Crippen LogP contribution in [0, 0.1) is 10.1 Å². The van der Waals surface area contributed by atoms with Gasteiger partial charge in [-0.1, -0.05) is 22.0 Å². The summed E-state index contributed by atoms with van der Waals surface area (Å²) in [5.74, 6) is -1.45. The molecule has 27 heavy (non-hydrogen) atoms. The van der Waals surface area contributed by atoms with E-state index in [1.54, 1.807) is 24.3 Å². The molecule has 0 atom stereocenters. The van der Waals surface area contributed by atoms with E-state index in [0.29, 0.717) is 5.56 Å². The fourth-order valence-corrected chi connectivity index (χ4v) is 2.55. The van der Waals surface area contributed by atoms with Crippen molar-refractivity contribution in [3.05, 3.63) is 62.1 Å². The molecule has 0 aromatic heterocycles. The molecule has 10 heteroatoms. The predicted molar refractivity (Wildman–Crippen MR) is 100 cm³/mol. The zero-order valence-electron chi connectivity index (χ0n) is 14.3. The third-order valence-corrected chi connectivity index (χ3v) is 3.72. The van der Waals surface area contributed by atoms with Crippen LogP contribution in [0.2, 0.25) is 0 Å². The molecule has 2 aromatic rings. The maximum atomic E-state index is 12.0. The highest BCUT2D eigenvalue weighted by atomic mass is 79.9. The average Bonchev–Trinajstić information content (AvgIpc) is 2.61. The van der Waals surface area contributed by atoms with Crippen molar-refractivity contribution in [3.8, 4) is 11.5 Å². The van der Waals surface area contributed by atoms with E-state index in [1.807, 2.05) is 0 Å². The second-order valence-corrected chi connectivity index (χ2v) is 6.01. The molecule has 0 heterocycles. The minimum absolute atomic E-state index is 0.0577. The first-order valence-corrected chi connectivity index (χ1v) is 8.25. The van der Waals surface area contributed by atoms with Crippen molar-refractivity contribution < 1.29 is 24.0 Å². The van der Waals surface area contributed by atoms with E-state index >= 15 is 0 Å². The summed E-state index contributed by atoms with van der Waals surface area (Å²) in [6.45, 7) is 1.16. The molecule has 2 rings (SSSR count). The number of nitrogens with zero attached hydrogens (tertiary/aromatic N) is 2. The summed E-state index contributed by atoms with van der Waals surface area (Å²) in [7, 11) is 1.21. The number of hydrogen-bond donors (Lipinski definition) is 1. The number of methoxy groups -OCH3 is 1. The van der Waals surface area contributed by atoms with Crippen LogP contribution < -0.4 is 14.9 Å². The topological polar surface area (TPSA) is 120 Å². The van der Waals surface area contributed by atoms with Gasteiger partial charge in [0, 0.05) is 17.0 Å². The van der Waals surface area contributed by atoms with E-state index in [-0.39, 0.29) is 17.1 Å². The molecule has 0 fully saturated rings. The molecule has 1 amide bonds. The van der Waals surface area contributed by atoms with Crippen LogP contribution in [-0.4, -0.2) is 30.1 Å². The number of esters is 1. The number of hydrazone groups is 1. The molecule has 0 aliphatic carbocycles. The lowest BCUT2D eigenvalue weighted by atomic mass is 10.1. The van der Waals surface area contributed by atoms with Crippen LogP contribution in [0.1, 0.15) is 22.8 Å². The minimum Gasteiger partial charge on any atom is -0.488 e. The van der Waals surface area contributed by atoms with Gasteiger partial charge in [0.05, 0.1) is 23.8 Å². The Morgan fingerprint density at radius 1 is 1.30 bits per heavy atom. The zero-order chi connectivity index (χ0) is 20.0. The number of carbonyl (C=O) groups excluding carboxylic acids is 2. The summed E-state index contributed by atoms with van der Waals surface area (Å²) >= 11 is 3.26. The molecule has 2 aromatic carbocycles. The summed E-state index contributed by atoms with van der Waals surface area (Å²) in [4.78, 5) is 33.9. The molecule has 1 N–H and O–H groups in total. The van der Waals surface area contributed by atoms with Crippen molar-refractivity contribution in [2.24, 2.45) is 5.10 Å². The van der Waals surface area contributed by atoms with Crippen molar-refractivity contribution in [1.29, 1.82) is 0 Å². The van der Waals surface area contributed by atoms with Crippen molar-refractivity contribution in [3.63, 3.8) is 0 Å². The second-order valence-electron chi connectivity index (χ2n) is 5.10. The first kappa shape index (κ1) is 20.0. The molecule has 9 nitrogen and oxygen atoms in total. The third kappa shape index (κ3) is 5.11. The van der Waals surface area contributed by atoms with Crippen LogP contribution in [0.15, 0.2) is 46.0 Å². The van der Waals surface area contributed by atoms with Crippen LogP contribution in [0.25, 0.3) is 0 Å². The quantitative estimate of drug-likeness (QED) is 0.244. The number of amides is 1. The maximum absolute atomic E-state index is 12.0. The van der Waals surface area contributed by atoms with E-state index in [1.165, 1.54) is 19.2 Å². The van der Waals surface area contributed by atoms with Gasteiger partial charge in [0.25, 0.3) is 5.91 Å². The van der Waals surface area contributed by atoms with Crippen LogP contribution in [-0.2, 0) is 4.79 Å². The molecule has 0 saturated heterocycles. The van der Waals surface area contributed by atoms with E-state index < -0.39 is 22.5 Å². The number of ether oxygens (including phenoxy) is 2. The van der Waals surface area contributed by atoms with Gasteiger partial charge in [0.1, 0.15) is 0 Å². The molecular formula is C17H14BrN3O6. The summed E-state index contributed by atoms with van der Waals surface area (Å²) in [5, 5.41) is 15.2. The lowest BCUT2D eigenvalue weighted by Crippen LogP contribution is -2.17. The second kappa shape index (κ2) is 8.90. The van der Waals surface area contributed by atoms with E-state index in [4.69, 9.17) is 9.47 Å². The number of nitro benzene ring substituents is 1. The summed E-state index contributed by atoms with van der Waals surface area (Å²) in [6.07, 6.45) is 1.11. The summed E-state index contributed by atoms with van der Waals surface area (Å²) in [5.41, 5.74) is 2.26. The molecule has 0 unspecified atom stereocenters. The van der Waals surface area contributed by atoms with Gasteiger partial charge in [-0.05, 0) is 30.3 Å². The first-order chi connectivity index (χ1) is 12.8. The van der Waals surface area contributed by atoms with Crippen LogP contribution in [0.5, 0.6) is 11.5 Å². The van der Waals surface area contributed by atoms with Gasteiger partial charge in [-0.25, -0.2) is 5.43 Å². The van der Waals surface area contributed by atoms with Crippen molar-refractivity contribution in [1.82, 2.24) is 5.43 Å². The van der Waals surface area contributed by atoms with E-state index in [2.05, 4.69) is 26.5 Å². The van der Waals surface area contributed by atoms with Gasteiger partial charge >= 0.3 is 11.7 Å². The van der Waals surface area contributed by atoms with Crippen molar-refractivity contribution in [2.45, 2.75) is 6.92 Å². The largest absolute Gasteiger partial charge is 0.488 e. The lowest BCUT2D eigenvalue weighted by molar-refractivity contribution is -0.385. The predicted octanol–water partition coefficient (Wildman–Crippen LogP) is 3.06. The normalized spacial score (nSPS) is 10.5. The molecule has 0 aliphatic heterocycles. The summed E-state index contributed by atoms with van der Waals surface area (Å²) in [6, 6.07) is 9.31. The average molecular weight is 436 g/mol. The fraction of sp³-hybridized carbons (Fsp3) is 0.118. The van der Waals surface area contributed by atoms with Crippen LogP contribution in [0.4, 0.5) is 5.69 Å². The van der Waals surface area contributed by atoms with Crippen molar-refractivity contribution in [2.75, 3.05) is 7.11 Å². The Labute approximate surface area is 162 Å². The Morgan fingerprint density at radius 2 is 2.04 bits per heavy atom. The van der Waals surface area contributed by atoms with Gasteiger partial charge in [-0.2, -0.15) is 5.10 Å². The maximum Gasteiger partial charge on any atom is 0.323 e. The van der Waals surface area contributed by atoms with E-state index in [9.17, 15) is 19.7 Å². The lowest BCUT2D eigenvalue weighted by Gasteiger charge is -2.09. The highest BCUT2D eigenvalue weighted by Crippen LogP contribution is 2.39. The Hall–Kier alpha value is -3.27. The van der Waals surface area contributed by atoms with Crippen LogP contribution in [0.3, 0.4) is 0 Å². The third-order valence-electron chi connectivity index (χ3n) is 3.22. The van der Waals surface area contributed by atoms with Crippen molar-refractivity contribution >= 4 is 39.7 Å². The monoisotopic (exact) mass is 435 g/mol. The number of carbonyl (C=O) groups is 2. The number of benzene rings is 2. The fourth-order valence-electron chi connectivity index (χ4n) is 2.15. The number of nitrogens with one attached hydrogen (secondary N) is 1. The molecule has 0 spiro atoms. The Kier molecular flexibility index (Phi) is 6.61. The van der Waals surface area contributed by atoms with Gasteiger partial charge < -0.3 is 9.47 Å². The number of rotatable bonds is 6. The standard InChI is InChI=1S/C17H14BrN3O6/c1-10(22)27-14-7-6-12(15(21(24)25)16(14)26-2)9-19-20-17(23)11-4-3-5-13(18)8-11/h3-9H,1-2H3,(H,20,23)/b19-9-. The van der Waals surface area contributed by atoms with Gasteiger partial charge in [-0.15, -0.1) is 0 Å². The van der Waals surface area contributed by atoms with Crippen LogP contribution >= 0.6 is 15.9 Å².